The van der Waals surface area contributed by atoms with E-state index in [0.717, 1.165) is 9.79 Å². The molecular weight excluding hydrogens is 460 g/mol. The van der Waals surface area contributed by atoms with Gasteiger partial charge in [0.25, 0.3) is 11.4 Å². The highest BCUT2D eigenvalue weighted by Gasteiger charge is 2.13. The second-order valence-corrected chi connectivity index (χ2v) is 7.83. The number of non-ortho nitro benzene ring substituents is 2. The van der Waals surface area contributed by atoms with Gasteiger partial charge in [0, 0.05) is 43.0 Å². The fourth-order valence-corrected chi connectivity index (χ4v) is 5.41. The van der Waals surface area contributed by atoms with Crippen LogP contribution in [0, 0.1) is 20.2 Å². The van der Waals surface area contributed by atoms with Gasteiger partial charge in [-0.05, 0) is 44.0 Å². The molecule has 0 saturated heterocycles. The molecule has 0 aliphatic heterocycles. The van der Waals surface area contributed by atoms with Crippen molar-refractivity contribution < 1.29 is 9.85 Å². The molecule has 0 aliphatic rings. The number of halogens is 2. The van der Waals surface area contributed by atoms with E-state index in [2.05, 4.69) is 31.9 Å². The first-order valence-electron chi connectivity index (χ1n) is 5.61. The molecule has 0 unspecified atom stereocenters. The SMILES string of the molecule is O=[N+]([O-])c1ccc(SSc2ccc([N+](=O)[O-])cc2Br)c(Br)c1. The van der Waals surface area contributed by atoms with Crippen LogP contribution in [0.15, 0.2) is 55.1 Å². The van der Waals surface area contributed by atoms with Gasteiger partial charge in [-0.3, -0.25) is 20.2 Å². The van der Waals surface area contributed by atoms with E-state index in [-0.39, 0.29) is 11.4 Å². The average Bonchev–Trinajstić information content (AvgIpc) is 2.46. The first-order chi connectivity index (χ1) is 10.4. The second kappa shape index (κ2) is 7.44. The summed E-state index contributed by atoms with van der Waals surface area (Å²) in [6.07, 6.45) is 0. The van der Waals surface area contributed by atoms with Crippen molar-refractivity contribution >= 4 is 64.8 Å². The molecule has 0 bridgehead atoms. The number of nitrogens with zero attached hydrogens (tertiary/aromatic N) is 2. The van der Waals surface area contributed by atoms with E-state index in [1.165, 1.54) is 45.9 Å². The topological polar surface area (TPSA) is 86.3 Å². The quantitative estimate of drug-likeness (QED) is 0.313. The van der Waals surface area contributed by atoms with Crippen molar-refractivity contribution in [2.24, 2.45) is 0 Å². The monoisotopic (exact) mass is 464 g/mol. The molecule has 0 aliphatic carbocycles. The smallest absolute Gasteiger partial charge is 0.258 e. The van der Waals surface area contributed by atoms with Gasteiger partial charge in [0.15, 0.2) is 0 Å². The maximum absolute atomic E-state index is 10.7. The molecule has 6 nitrogen and oxygen atoms in total. The standard InChI is InChI=1S/C12H6Br2N2O4S2/c13-9-5-7(15(17)18)1-3-11(9)21-22-12-4-2-8(16(19)20)6-10(12)14/h1-6H. The molecule has 22 heavy (non-hydrogen) atoms. The minimum Gasteiger partial charge on any atom is -0.258 e. The zero-order valence-corrected chi connectivity index (χ0v) is 15.4. The molecule has 114 valence electrons. The summed E-state index contributed by atoms with van der Waals surface area (Å²) in [7, 11) is 2.79. The molecule has 0 aromatic heterocycles. The first-order valence-corrected chi connectivity index (χ1v) is 9.34. The van der Waals surface area contributed by atoms with Crippen LogP contribution in [0.4, 0.5) is 11.4 Å². The number of rotatable bonds is 5. The summed E-state index contributed by atoms with van der Waals surface area (Å²) in [5.41, 5.74) is 0.0236. The first kappa shape index (κ1) is 17.3. The number of benzene rings is 2. The van der Waals surface area contributed by atoms with Crippen molar-refractivity contribution in [3.63, 3.8) is 0 Å². The summed E-state index contributed by atoms with van der Waals surface area (Å²) in [6, 6.07) is 9.04. The predicted octanol–water partition coefficient (Wildman–Crippen LogP) is 5.83. The van der Waals surface area contributed by atoms with E-state index in [0.29, 0.717) is 8.95 Å². The molecule has 0 saturated carbocycles. The van der Waals surface area contributed by atoms with E-state index in [9.17, 15) is 20.2 Å². The zero-order chi connectivity index (χ0) is 16.3. The summed E-state index contributed by atoms with van der Waals surface area (Å²) in [5.74, 6) is 0. The number of hydrogen-bond acceptors (Lipinski definition) is 6. The third-order valence-corrected chi connectivity index (χ3v) is 6.79. The molecular formula is C12H6Br2N2O4S2. The Morgan fingerprint density at radius 1 is 0.773 bits per heavy atom. The Balaban J connectivity index is 2.13. The molecule has 0 spiro atoms. The van der Waals surface area contributed by atoms with E-state index < -0.39 is 9.85 Å². The lowest BCUT2D eigenvalue weighted by atomic mass is 10.3. The lowest BCUT2D eigenvalue weighted by molar-refractivity contribution is -0.385. The van der Waals surface area contributed by atoms with Gasteiger partial charge in [-0.2, -0.15) is 0 Å². The Labute approximate surface area is 149 Å². The summed E-state index contributed by atoms with van der Waals surface area (Å²) < 4.78 is 1.24. The van der Waals surface area contributed by atoms with Gasteiger partial charge >= 0.3 is 0 Å². The highest BCUT2D eigenvalue weighted by atomic mass is 79.9. The van der Waals surface area contributed by atoms with Gasteiger partial charge < -0.3 is 0 Å². The number of nitro groups is 2. The molecule has 10 heteroatoms. The van der Waals surface area contributed by atoms with Gasteiger partial charge in [-0.25, -0.2) is 0 Å². The minimum absolute atomic E-state index is 0.0118. The minimum atomic E-state index is -0.459. The van der Waals surface area contributed by atoms with Crippen LogP contribution in [-0.2, 0) is 0 Å². The third-order valence-electron chi connectivity index (χ3n) is 2.47. The van der Waals surface area contributed by atoms with Crippen molar-refractivity contribution in [3.8, 4) is 0 Å². The molecule has 2 rings (SSSR count). The van der Waals surface area contributed by atoms with Gasteiger partial charge in [0.05, 0.1) is 9.85 Å². The molecule has 0 radical (unpaired) electrons. The molecule has 0 N–H and O–H groups in total. The van der Waals surface area contributed by atoms with Crippen LogP contribution < -0.4 is 0 Å². The van der Waals surface area contributed by atoms with Crippen LogP contribution >= 0.6 is 53.4 Å². The van der Waals surface area contributed by atoms with Crippen molar-refractivity contribution in [3.05, 3.63) is 65.6 Å². The molecule has 0 atom stereocenters. The molecule has 2 aromatic rings. The third kappa shape index (κ3) is 4.22. The Hall–Kier alpha value is -1.10. The molecule has 0 fully saturated rings. The summed E-state index contributed by atoms with van der Waals surface area (Å²) in [5, 5.41) is 21.4. The van der Waals surface area contributed by atoms with Crippen molar-refractivity contribution in [2.75, 3.05) is 0 Å². The van der Waals surface area contributed by atoms with E-state index in [4.69, 9.17) is 0 Å². The van der Waals surface area contributed by atoms with Gasteiger partial charge in [0.1, 0.15) is 0 Å². The van der Waals surface area contributed by atoms with Crippen LogP contribution in [0.2, 0.25) is 0 Å². The fraction of sp³-hybridized carbons (Fsp3) is 0. The highest BCUT2D eigenvalue weighted by Crippen LogP contribution is 2.44. The summed E-state index contributed by atoms with van der Waals surface area (Å²) >= 11 is 6.60. The van der Waals surface area contributed by atoms with E-state index in [1.54, 1.807) is 12.1 Å². The van der Waals surface area contributed by atoms with E-state index in [1.807, 2.05) is 0 Å². The molecule has 0 heterocycles. The van der Waals surface area contributed by atoms with Crippen LogP contribution in [0.25, 0.3) is 0 Å². The van der Waals surface area contributed by atoms with Crippen molar-refractivity contribution in [2.45, 2.75) is 9.79 Å². The zero-order valence-electron chi connectivity index (χ0n) is 10.6. The highest BCUT2D eigenvalue weighted by molar-refractivity contribution is 9.11. The number of hydrogen-bond donors (Lipinski definition) is 0. The average molecular weight is 466 g/mol. The lowest BCUT2D eigenvalue weighted by Crippen LogP contribution is -1.88. The van der Waals surface area contributed by atoms with E-state index >= 15 is 0 Å². The second-order valence-electron chi connectivity index (χ2n) is 3.91. The molecule has 2 aromatic carbocycles. The predicted molar refractivity (Wildman–Crippen MR) is 93.3 cm³/mol. The maximum atomic E-state index is 10.7. The summed E-state index contributed by atoms with van der Waals surface area (Å²) in [6.45, 7) is 0. The van der Waals surface area contributed by atoms with Crippen LogP contribution in [-0.4, -0.2) is 9.85 Å². The Morgan fingerprint density at radius 2 is 1.14 bits per heavy atom. The lowest BCUT2D eigenvalue weighted by Gasteiger charge is -2.05. The Bertz CT molecular complexity index is 694. The van der Waals surface area contributed by atoms with Crippen molar-refractivity contribution in [1.82, 2.24) is 0 Å². The molecule has 0 amide bonds. The van der Waals surface area contributed by atoms with Gasteiger partial charge in [-0.15, -0.1) is 0 Å². The fourth-order valence-electron chi connectivity index (χ4n) is 1.43. The normalized spacial score (nSPS) is 10.5. The van der Waals surface area contributed by atoms with Crippen LogP contribution in [0.5, 0.6) is 0 Å². The van der Waals surface area contributed by atoms with Crippen molar-refractivity contribution in [1.29, 1.82) is 0 Å². The van der Waals surface area contributed by atoms with Gasteiger partial charge in [0.2, 0.25) is 0 Å². The Kier molecular flexibility index (Phi) is 5.84. The maximum Gasteiger partial charge on any atom is 0.270 e. The largest absolute Gasteiger partial charge is 0.270 e. The Morgan fingerprint density at radius 3 is 1.41 bits per heavy atom. The number of nitro benzene ring substituents is 2. The van der Waals surface area contributed by atoms with Gasteiger partial charge in [-0.1, -0.05) is 21.6 Å². The van der Waals surface area contributed by atoms with Crippen LogP contribution in [0.1, 0.15) is 0 Å². The summed E-state index contributed by atoms with van der Waals surface area (Å²) in [4.78, 5) is 22.1. The van der Waals surface area contributed by atoms with Crippen LogP contribution in [0.3, 0.4) is 0 Å².